The molecule has 1 nitrogen and oxygen atoms in total. The van der Waals surface area contributed by atoms with Gasteiger partial charge in [0.2, 0.25) is 0 Å². The zero-order chi connectivity index (χ0) is 12.8. The molecule has 0 aliphatic heterocycles. The van der Waals surface area contributed by atoms with Gasteiger partial charge in [-0.1, -0.05) is 30.3 Å². The van der Waals surface area contributed by atoms with Crippen molar-refractivity contribution in [3.8, 4) is 0 Å². The molecule has 0 spiro atoms. The minimum atomic E-state index is 0.617. The number of allylic oxidation sites excluding steroid dienone is 1. The van der Waals surface area contributed by atoms with Crippen LogP contribution in [0.3, 0.4) is 0 Å². The van der Waals surface area contributed by atoms with Gasteiger partial charge in [-0.05, 0) is 62.6 Å². The van der Waals surface area contributed by atoms with Gasteiger partial charge in [0.15, 0.2) is 0 Å². The van der Waals surface area contributed by atoms with Gasteiger partial charge < -0.3 is 5.32 Å². The van der Waals surface area contributed by atoms with E-state index in [1.165, 1.54) is 32.1 Å². The summed E-state index contributed by atoms with van der Waals surface area (Å²) in [6, 6.07) is 9.61. The molecule has 0 saturated heterocycles. The quantitative estimate of drug-likeness (QED) is 0.587. The lowest BCUT2D eigenvalue weighted by Gasteiger charge is -2.32. The summed E-state index contributed by atoms with van der Waals surface area (Å²) in [5, 5.41) is 3.54. The molecule has 0 fully saturated rings. The van der Waals surface area contributed by atoms with Gasteiger partial charge in [0.05, 0.1) is 0 Å². The van der Waals surface area contributed by atoms with Crippen molar-refractivity contribution in [3.63, 3.8) is 0 Å². The van der Waals surface area contributed by atoms with Crippen LogP contribution in [0.5, 0.6) is 0 Å². The molecule has 0 bridgehead atoms. The number of hydrogen-bond donors (Lipinski definition) is 1. The van der Waals surface area contributed by atoms with E-state index in [1.807, 2.05) is 6.08 Å². The van der Waals surface area contributed by atoms with Crippen molar-refractivity contribution in [2.45, 2.75) is 50.5 Å². The van der Waals surface area contributed by atoms with E-state index in [1.54, 1.807) is 11.1 Å². The lowest BCUT2D eigenvalue weighted by Crippen LogP contribution is -2.34. The van der Waals surface area contributed by atoms with E-state index >= 15 is 0 Å². The topological polar surface area (TPSA) is 12.0 Å². The van der Waals surface area contributed by atoms with Crippen LogP contribution < -0.4 is 5.32 Å². The van der Waals surface area contributed by atoms with E-state index in [0.717, 1.165) is 6.42 Å². The molecule has 0 saturated carbocycles. The average molecular weight is 243 g/mol. The van der Waals surface area contributed by atoms with Crippen molar-refractivity contribution >= 4 is 0 Å². The van der Waals surface area contributed by atoms with Crippen molar-refractivity contribution in [2.75, 3.05) is 7.05 Å². The Morgan fingerprint density at radius 2 is 2.28 bits per heavy atom. The number of likely N-dealkylation sites (N-methyl/N-ethyl adjacent to an activating group) is 1. The Bertz CT molecular complexity index is 383. The third-order valence-corrected chi connectivity index (χ3v) is 4.20. The van der Waals surface area contributed by atoms with Gasteiger partial charge in [0, 0.05) is 6.04 Å². The minimum Gasteiger partial charge on any atom is -0.316 e. The lowest BCUT2D eigenvalue weighted by atomic mass is 9.77. The molecule has 18 heavy (non-hydrogen) atoms. The first-order valence-corrected chi connectivity index (χ1v) is 7.22. The Balaban J connectivity index is 2.09. The molecule has 0 radical (unpaired) electrons. The maximum atomic E-state index is 3.81. The third-order valence-electron chi connectivity index (χ3n) is 4.20. The van der Waals surface area contributed by atoms with E-state index in [4.69, 9.17) is 0 Å². The fourth-order valence-corrected chi connectivity index (χ4v) is 3.24. The van der Waals surface area contributed by atoms with Crippen molar-refractivity contribution in [3.05, 3.63) is 48.0 Å². The molecule has 0 amide bonds. The third kappa shape index (κ3) is 3.02. The van der Waals surface area contributed by atoms with Gasteiger partial charge in [-0.3, -0.25) is 0 Å². The maximum Gasteiger partial charge on any atom is 0.0133 e. The van der Waals surface area contributed by atoms with Gasteiger partial charge in [-0.2, -0.15) is 0 Å². The molecule has 1 heteroatoms. The van der Waals surface area contributed by atoms with E-state index in [-0.39, 0.29) is 0 Å². The largest absolute Gasteiger partial charge is 0.316 e. The summed E-state index contributed by atoms with van der Waals surface area (Å²) in [5.74, 6) is 0.699. The number of benzene rings is 1. The normalized spacial score (nSPS) is 20.2. The zero-order valence-corrected chi connectivity index (χ0v) is 11.5. The summed E-state index contributed by atoms with van der Waals surface area (Å²) < 4.78 is 0. The smallest absolute Gasteiger partial charge is 0.0133 e. The molecule has 0 aromatic heterocycles. The Morgan fingerprint density at radius 1 is 1.44 bits per heavy atom. The lowest BCUT2D eigenvalue weighted by molar-refractivity contribution is 0.387. The fourth-order valence-electron chi connectivity index (χ4n) is 3.24. The second kappa shape index (κ2) is 6.75. The standard InChI is InChI=1S/C17H25N/c1-3-4-5-13-17(18-2)16-12-8-10-14-9-6-7-11-15(14)16/h3,6-7,9,11,16-18H,1,4-5,8,10,12-13H2,2H3. The van der Waals surface area contributed by atoms with E-state index in [9.17, 15) is 0 Å². The number of rotatable bonds is 6. The summed E-state index contributed by atoms with van der Waals surface area (Å²) in [5.41, 5.74) is 3.15. The number of fused-ring (bicyclic) bond motifs is 1. The molecular formula is C17H25N. The monoisotopic (exact) mass is 243 g/mol. The number of aryl methyl sites for hydroxylation is 1. The maximum absolute atomic E-state index is 3.81. The summed E-state index contributed by atoms with van der Waals surface area (Å²) in [4.78, 5) is 0. The Hall–Kier alpha value is -1.08. The molecule has 1 aromatic carbocycles. The van der Waals surface area contributed by atoms with Crippen molar-refractivity contribution in [2.24, 2.45) is 0 Å². The number of nitrogens with one attached hydrogen (secondary N) is 1. The first-order chi connectivity index (χ1) is 8.86. The van der Waals surface area contributed by atoms with Gasteiger partial charge >= 0.3 is 0 Å². The highest BCUT2D eigenvalue weighted by molar-refractivity contribution is 5.33. The molecule has 0 heterocycles. The second-order valence-corrected chi connectivity index (χ2v) is 5.31. The molecule has 2 atom stereocenters. The van der Waals surface area contributed by atoms with Crippen LogP contribution in [0.15, 0.2) is 36.9 Å². The number of unbranched alkanes of at least 4 members (excludes halogenated alkanes) is 1. The first-order valence-electron chi connectivity index (χ1n) is 7.22. The molecule has 1 aromatic rings. The van der Waals surface area contributed by atoms with E-state index < -0.39 is 0 Å². The second-order valence-electron chi connectivity index (χ2n) is 5.31. The number of hydrogen-bond acceptors (Lipinski definition) is 1. The average Bonchev–Trinajstić information content (AvgIpc) is 2.43. The van der Waals surface area contributed by atoms with Gasteiger partial charge in [0.1, 0.15) is 0 Å². The van der Waals surface area contributed by atoms with Crippen LogP contribution in [-0.4, -0.2) is 13.1 Å². The minimum absolute atomic E-state index is 0.617. The Labute approximate surface area is 111 Å². The summed E-state index contributed by atoms with van der Waals surface area (Å²) in [7, 11) is 2.11. The van der Waals surface area contributed by atoms with Crippen LogP contribution in [0.1, 0.15) is 49.1 Å². The predicted octanol–water partition coefficient (Wildman–Crippen LogP) is 4.05. The summed E-state index contributed by atoms with van der Waals surface area (Å²) in [6.07, 6.45) is 9.58. The fraction of sp³-hybridized carbons (Fsp3) is 0.529. The van der Waals surface area contributed by atoms with Gasteiger partial charge in [-0.15, -0.1) is 6.58 Å². The predicted molar refractivity (Wildman–Crippen MR) is 79.0 cm³/mol. The molecule has 2 unspecified atom stereocenters. The Kier molecular flexibility index (Phi) is 5.00. The SMILES string of the molecule is C=CCCCC(NC)C1CCCc2ccccc21. The van der Waals surface area contributed by atoms with Crippen LogP contribution >= 0.6 is 0 Å². The van der Waals surface area contributed by atoms with Crippen molar-refractivity contribution in [1.82, 2.24) is 5.32 Å². The molecule has 1 N–H and O–H groups in total. The van der Waals surface area contributed by atoms with Crippen LogP contribution in [0.4, 0.5) is 0 Å². The Morgan fingerprint density at radius 3 is 3.06 bits per heavy atom. The van der Waals surface area contributed by atoms with E-state index in [2.05, 4.69) is 43.2 Å². The summed E-state index contributed by atoms with van der Waals surface area (Å²) in [6.45, 7) is 3.81. The zero-order valence-electron chi connectivity index (χ0n) is 11.5. The molecular weight excluding hydrogens is 218 g/mol. The van der Waals surface area contributed by atoms with Gasteiger partial charge in [0.25, 0.3) is 0 Å². The van der Waals surface area contributed by atoms with Crippen molar-refractivity contribution < 1.29 is 0 Å². The first kappa shape index (κ1) is 13.4. The van der Waals surface area contributed by atoms with Crippen molar-refractivity contribution in [1.29, 1.82) is 0 Å². The highest BCUT2D eigenvalue weighted by Crippen LogP contribution is 2.35. The highest BCUT2D eigenvalue weighted by Gasteiger charge is 2.26. The van der Waals surface area contributed by atoms with E-state index in [0.29, 0.717) is 12.0 Å². The van der Waals surface area contributed by atoms with Crippen LogP contribution in [0, 0.1) is 0 Å². The molecule has 2 rings (SSSR count). The van der Waals surface area contributed by atoms with Crippen LogP contribution in [0.2, 0.25) is 0 Å². The highest BCUT2D eigenvalue weighted by atomic mass is 14.9. The van der Waals surface area contributed by atoms with Crippen LogP contribution in [0.25, 0.3) is 0 Å². The molecule has 1 aliphatic rings. The molecule has 1 aliphatic carbocycles. The molecule has 98 valence electrons. The van der Waals surface area contributed by atoms with Gasteiger partial charge in [-0.25, -0.2) is 0 Å². The summed E-state index contributed by atoms with van der Waals surface area (Å²) >= 11 is 0. The van der Waals surface area contributed by atoms with Crippen LogP contribution in [-0.2, 0) is 6.42 Å².